The number of nitrogens with zero attached hydrogens (tertiary/aromatic N) is 3. The van der Waals surface area contributed by atoms with Gasteiger partial charge in [0.25, 0.3) is 5.91 Å². The molecule has 3 rings (SSSR count). The Hall–Kier alpha value is -2.54. The van der Waals surface area contributed by atoms with Crippen molar-refractivity contribution in [2.45, 2.75) is 45.8 Å². The van der Waals surface area contributed by atoms with Gasteiger partial charge in [0.15, 0.2) is 5.69 Å². The van der Waals surface area contributed by atoms with Crippen LogP contribution in [0.4, 0.5) is 0 Å². The van der Waals surface area contributed by atoms with Gasteiger partial charge in [-0.3, -0.25) is 9.69 Å². The number of benzene rings is 1. The van der Waals surface area contributed by atoms with E-state index in [1.807, 2.05) is 23.1 Å². The first-order valence-corrected chi connectivity index (χ1v) is 9.70. The molecule has 0 radical (unpaired) electrons. The van der Waals surface area contributed by atoms with Crippen molar-refractivity contribution in [2.75, 3.05) is 27.3 Å². The van der Waals surface area contributed by atoms with Crippen LogP contribution in [-0.2, 0) is 13.1 Å². The van der Waals surface area contributed by atoms with Gasteiger partial charge in [0.1, 0.15) is 17.8 Å². The Kier molecular flexibility index (Phi) is 6.57. The van der Waals surface area contributed by atoms with Crippen LogP contribution in [0.1, 0.15) is 48.6 Å². The summed E-state index contributed by atoms with van der Waals surface area (Å²) in [6, 6.07) is 6.02. The molecular formula is C21H29N3O4. The van der Waals surface area contributed by atoms with Crippen molar-refractivity contribution in [2.24, 2.45) is 0 Å². The highest BCUT2D eigenvalue weighted by Crippen LogP contribution is 2.26. The molecule has 1 amide bonds. The van der Waals surface area contributed by atoms with Gasteiger partial charge in [-0.25, -0.2) is 4.98 Å². The van der Waals surface area contributed by atoms with Crippen molar-refractivity contribution >= 4 is 5.91 Å². The van der Waals surface area contributed by atoms with E-state index in [0.717, 1.165) is 43.0 Å². The number of oxazole rings is 1. The molecule has 0 saturated carbocycles. The first-order valence-electron chi connectivity index (χ1n) is 9.70. The predicted molar refractivity (Wildman–Crippen MR) is 106 cm³/mol. The quantitative estimate of drug-likeness (QED) is 0.692. The molecule has 28 heavy (non-hydrogen) atoms. The van der Waals surface area contributed by atoms with Crippen LogP contribution in [0.15, 0.2) is 28.9 Å². The van der Waals surface area contributed by atoms with E-state index in [9.17, 15) is 4.79 Å². The summed E-state index contributed by atoms with van der Waals surface area (Å²) in [4.78, 5) is 21.0. The Balaban J connectivity index is 1.73. The van der Waals surface area contributed by atoms with Crippen molar-refractivity contribution < 1.29 is 18.7 Å². The largest absolute Gasteiger partial charge is 0.497 e. The van der Waals surface area contributed by atoms with Gasteiger partial charge in [0, 0.05) is 31.2 Å². The number of hydrogen-bond acceptors (Lipinski definition) is 6. The summed E-state index contributed by atoms with van der Waals surface area (Å²) >= 11 is 0. The van der Waals surface area contributed by atoms with Crippen LogP contribution in [0.3, 0.4) is 0 Å². The van der Waals surface area contributed by atoms with Crippen LogP contribution in [-0.4, -0.2) is 54.0 Å². The highest BCUT2D eigenvalue weighted by molar-refractivity contribution is 5.92. The molecule has 7 nitrogen and oxygen atoms in total. The van der Waals surface area contributed by atoms with Gasteiger partial charge in [0.05, 0.1) is 20.8 Å². The van der Waals surface area contributed by atoms with Crippen LogP contribution in [0, 0.1) is 0 Å². The highest BCUT2D eigenvalue weighted by atomic mass is 16.5. The smallest absolute Gasteiger partial charge is 0.275 e. The fraction of sp³-hybridized carbons (Fsp3) is 0.524. The summed E-state index contributed by atoms with van der Waals surface area (Å²) in [7, 11) is 3.31. The maximum atomic E-state index is 12.5. The van der Waals surface area contributed by atoms with Gasteiger partial charge in [-0.1, -0.05) is 0 Å². The standard InChI is InChI=1S/C21H29N3O4/c1-15(2)24(12-16-11-17(26-3)7-8-19(16)27-4)13-20-22-18(14-28-20)21(25)23-9-5-6-10-23/h7-8,11,14-15H,5-6,9-10,12-13H2,1-4H3. The third kappa shape index (κ3) is 4.65. The minimum Gasteiger partial charge on any atom is -0.497 e. The van der Waals surface area contributed by atoms with Gasteiger partial charge in [-0.15, -0.1) is 0 Å². The third-order valence-corrected chi connectivity index (χ3v) is 5.09. The molecule has 0 atom stereocenters. The average molecular weight is 387 g/mol. The molecule has 0 unspecified atom stereocenters. The molecule has 2 heterocycles. The molecule has 152 valence electrons. The molecule has 2 aromatic rings. The number of rotatable bonds is 8. The van der Waals surface area contributed by atoms with Crippen LogP contribution in [0.5, 0.6) is 11.5 Å². The number of ether oxygens (including phenoxy) is 2. The fourth-order valence-corrected chi connectivity index (χ4v) is 3.38. The SMILES string of the molecule is COc1ccc(OC)c(CN(Cc2nc(C(=O)N3CCCC3)co2)C(C)C)c1. The molecule has 1 fully saturated rings. The number of carbonyl (C=O) groups excluding carboxylic acids is 1. The van der Waals surface area contributed by atoms with E-state index < -0.39 is 0 Å². The number of amides is 1. The van der Waals surface area contributed by atoms with Gasteiger partial charge < -0.3 is 18.8 Å². The van der Waals surface area contributed by atoms with E-state index in [1.54, 1.807) is 14.2 Å². The van der Waals surface area contributed by atoms with E-state index in [2.05, 4.69) is 23.7 Å². The van der Waals surface area contributed by atoms with E-state index in [1.165, 1.54) is 6.26 Å². The summed E-state index contributed by atoms with van der Waals surface area (Å²) < 4.78 is 16.5. The predicted octanol–water partition coefficient (Wildman–Crippen LogP) is 3.34. The maximum absolute atomic E-state index is 12.5. The lowest BCUT2D eigenvalue weighted by molar-refractivity contribution is 0.0787. The zero-order valence-corrected chi connectivity index (χ0v) is 17.1. The first-order chi connectivity index (χ1) is 13.5. The summed E-state index contributed by atoms with van der Waals surface area (Å²) in [5.41, 5.74) is 1.41. The lowest BCUT2D eigenvalue weighted by Crippen LogP contribution is -2.30. The third-order valence-electron chi connectivity index (χ3n) is 5.09. The second kappa shape index (κ2) is 9.10. The Bertz CT molecular complexity index is 797. The minimum absolute atomic E-state index is 0.0435. The van der Waals surface area contributed by atoms with Crippen molar-refractivity contribution in [3.8, 4) is 11.5 Å². The zero-order valence-electron chi connectivity index (χ0n) is 17.1. The van der Waals surface area contributed by atoms with Crippen LogP contribution >= 0.6 is 0 Å². The molecule has 1 aliphatic heterocycles. The monoisotopic (exact) mass is 387 g/mol. The number of aromatic nitrogens is 1. The van der Waals surface area contributed by atoms with Crippen molar-refractivity contribution in [3.05, 3.63) is 41.6 Å². The molecule has 1 saturated heterocycles. The molecule has 0 bridgehead atoms. The Labute approximate surface area is 166 Å². The van der Waals surface area contributed by atoms with Crippen LogP contribution < -0.4 is 9.47 Å². The molecule has 0 aliphatic carbocycles. The average Bonchev–Trinajstić information content (AvgIpc) is 3.39. The molecule has 1 aromatic heterocycles. The Morgan fingerprint density at radius 2 is 1.96 bits per heavy atom. The van der Waals surface area contributed by atoms with Gasteiger partial charge in [0.2, 0.25) is 5.89 Å². The van der Waals surface area contributed by atoms with E-state index in [4.69, 9.17) is 13.9 Å². The highest BCUT2D eigenvalue weighted by Gasteiger charge is 2.23. The van der Waals surface area contributed by atoms with Gasteiger partial charge >= 0.3 is 0 Å². The number of hydrogen-bond donors (Lipinski definition) is 0. The lowest BCUT2D eigenvalue weighted by atomic mass is 10.1. The fourth-order valence-electron chi connectivity index (χ4n) is 3.38. The first kappa shape index (κ1) is 20.2. The van der Waals surface area contributed by atoms with E-state index >= 15 is 0 Å². The normalized spacial score (nSPS) is 14.1. The van der Waals surface area contributed by atoms with Crippen molar-refractivity contribution in [3.63, 3.8) is 0 Å². The Morgan fingerprint density at radius 3 is 2.61 bits per heavy atom. The Morgan fingerprint density at radius 1 is 1.21 bits per heavy atom. The summed E-state index contributed by atoms with van der Waals surface area (Å²) in [6.07, 6.45) is 3.58. The van der Waals surface area contributed by atoms with Gasteiger partial charge in [-0.05, 0) is 44.9 Å². The second-order valence-corrected chi connectivity index (χ2v) is 7.30. The zero-order chi connectivity index (χ0) is 20.1. The van der Waals surface area contributed by atoms with Crippen LogP contribution in [0.25, 0.3) is 0 Å². The number of likely N-dealkylation sites (tertiary alicyclic amines) is 1. The maximum Gasteiger partial charge on any atom is 0.275 e. The van der Waals surface area contributed by atoms with Crippen LogP contribution in [0.2, 0.25) is 0 Å². The second-order valence-electron chi connectivity index (χ2n) is 7.30. The van der Waals surface area contributed by atoms with E-state index in [0.29, 0.717) is 24.7 Å². The van der Waals surface area contributed by atoms with Gasteiger partial charge in [-0.2, -0.15) is 0 Å². The van der Waals surface area contributed by atoms with Crippen molar-refractivity contribution in [1.29, 1.82) is 0 Å². The summed E-state index contributed by atoms with van der Waals surface area (Å²) in [5.74, 6) is 2.09. The van der Waals surface area contributed by atoms with E-state index in [-0.39, 0.29) is 11.9 Å². The molecule has 0 spiro atoms. The molecular weight excluding hydrogens is 358 g/mol. The molecule has 1 aliphatic rings. The minimum atomic E-state index is -0.0435. The lowest BCUT2D eigenvalue weighted by Gasteiger charge is -2.26. The molecule has 1 aromatic carbocycles. The molecule has 0 N–H and O–H groups in total. The topological polar surface area (TPSA) is 68.0 Å². The summed E-state index contributed by atoms with van der Waals surface area (Å²) in [6.45, 7) is 6.99. The number of methoxy groups -OCH3 is 2. The summed E-state index contributed by atoms with van der Waals surface area (Å²) in [5, 5.41) is 0. The van der Waals surface area contributed by atoms with Crippen molar-refractivity contribution in [1.82, 2.24) is 14.8 Å². The molecule has 7 heteroatoms. The number of carbonyl (C=O) groups is 1.